The predicted molar refractivity (Wildman–Crippen MR) is 121 cm³/mol. The summed E-state index contributed by atoms with van der Waals surface area (Å²) in [5.74, 6) is -0.516. The number of rotatable bonds is 7. The fraction of sp³-hybridized carbons (Fsp3) is 0.308. The molecule has 3 aromatic carbocycles. The van der Waals surface area contributed by atoms with E-state index in [-0.39, 0.29) is 26.4 Å². The Labute approximate surface area is 182 Å². The fourth-order valence-corrected chi connectivity index (χ4v) is 4.90. The lowest BCUT2D eigenvalue weighted by atomic mass is 9.66. The number of methoxy groups -OCH3 is 2. The Bertz CT molecular complexity index is 1120. The molecule has 2 unspecified atom stereocenters. The van der Waals surface area contributed by atoms with Gasteiger partial charge in [-0.2, -0.15) is 0 Å². The van der Waals surface area contributed by atoms with E-state index in [1.807, 2.05) is 60.7 Å². The van der Waals surface area contributed by atoms with Gasteiger partial charge in [-0.1, -0.05) is 54.6 Å². The number of fused-ring (bicyclic) bond motifs is 2. The second-order valence-electron chi connectivity index (χ2n) is 7.99. The second kappa shape index (κ2) is 8.91. The summed E-state index contributed by atoms with van der Waals surface area (Å²) in [4.78, 5) is 0. The van der Waals surface area contributed by atoms with Gasteiger partial charge in [-0.15, -0.1) is 0 Å². The van der Waals surface area contributed by atoms with E-state index >= 15 is 0 Å². The SMILES string of the molecule is COCc1c(CO)cc2ccccc2c1C1c2ccccc2C=C(CO)C1(O)COC. The van der Waals surface area contributed by atoms with Gasteiger partial charge in [-0.3, -0.25) is 0 Å². The van der Waals surface area contributed by atoms with Gasteiger partial charge >= 0.3 is 0 Å². The van der Waals surface area contributed by atoms with Crippen LogP contribution in [0.2, 0.25) is 0 Å². The molecule has 0 bridgehead atoms. The topological polar surface area (TPSA) is 79.2 Å². The molecule has 5 heteroatoms. The highest BCUT2D eigenvalue weighted by Crippen LogP contribution is 2.49. The third-order valence-electron chi connectivity index (χ3n) is 6.25. The lowest BCUT2D eigenvalue weighted by molar-refractivity contribution is -0.0212. The summed E-state index contributed by atoms with van der Waals surface area (Å²) in [7, 11) is 3.16. The summed E-state index contributed by atoms with van der Waals surface area (Å²) in [6.45, 7) is -0.128. The quantitative estimate of drug-likeness (QED) is 0.546. The van der Waals surface area contributed by atoms with Crippen LogP contribution in [0.25, 0.3) is 16.8 Å². The van der Waals surface area contributed by atoms with Crippen LogP contribution < -0.4 is 0 Å². The molecule has 2 atom stereocenters. The van der Waals surface area contributed by atoms with Gasteiger partial charge in [0.1, 0.15) is 5.60 Å². The number of benzene rings is 3. The molecule has 3 aromatic rings. The van der Waals surface area contributed by atoms with Crippen molar-refractivity contribution in [3.8, 4) is 0 Å². The summed E-state index contributed by atoms with van der Waals surface area (Å²) in [6.07, 6.45) is 1.85. The Hall–Kier alpha value is -2.54. The maximum Gasteiger partial charge on any atom is 0.122 e. The van der Waals surface area contributed by atoms with Crippen molar-refractivity contribution in [2.24, 2.45) is 0 Å². The zero-order valence-corrected chi connectivity index (χ0v) is 17.8. The zero-order chi connectivity index (χ0) is 22.0. The molecule has 0 saturated carbocycles. The molecule has 0 amide bonds. The molecule has 1 aliphatic rings. The normalized spacial score (nSPS) is 20.5. The lowest BCUT2D eigenvalue weighted by Crippen LogP contribution is -2.46. The van der Waals surface area contributed by atoms with Crippen molar-refractivity contribution in [3.63, 3.8) is 0 Å². The fourth-order valence-electron chi connectivity index (χ4n) is 4.90. The molecule has 0 spiro atoms. The largest absolute Gasteiger partial charge is 0.392 e. The van der Waals surface area contributed by atoms with Crippen LogP contribution in [0.4, 0.5) is 0 Å². The van der Waals surface area contributed by atoms with Crippen molar-refractivity contribution >= 4 is 16.8 Å². The van der Waals surface area contributed by atoms with Crippen LogP contribution >= 0.6 is 0 Å². The third kappa shape index (κ3) is 3.59. The van der Waals surface area contributed by atoms with E-state index in [9.17, 15) is 15.3 Å². The Morgan fingerprint density at radius 3 is 2.39 bits per heavy atom. The van der Waals surface area contributed by atoms with E-state index in [0.717, 1.165) is 38.6 Å². The molecule has 0 heterocycles. The van der Waals surface area contributed by atoms with Crippen molar-refractivity contribution in [2.45, 2.75) is 24.7 Å². The first-order chi connectivity index (χ1) is 15.1. The van der Waals surface area contributed by atoms with E-state index in [0.29, 0.717) is 5.57 Å². The molecule has 0 saturated heterocycles. The summed E-state index contributed by atoms with van der Waals surface area (Å²) in [6, 6.07) is 17.8. The highest BCUT2D eigenvalue weighted by Gasteiger charge is 2.46. The van der Waals surface area contributed by atoms with Crippen LogP contribution in [-0.4, -0.2) is 48.4 Å². The van der Waals surface area contributed by atoms with Crippen LogP contribution in [0.1, 0.15) is 33.7 Å². The van der Waals surface area contributed by atoms with E-state index in [2.05, 4.69) is 0 Å². The van der Waals surface area contributed by atoms with Gasteiger partial charge in [0.15, 0.2) is 0 Å². The van der Waals surface area contributed by atoms with Gasteiger partial charge in [0.05, 0.1) is 26.4 Å². The standard InChI is InChI=1S/C26H28O5/c1-30-15-23-19(13-27)11-17-7-3-5-9-21(17)24(23)25-22-10-6-4-8-18(22)12-20(14-28)26(25,29)16-31-2/h3-12,25,27-29H,13-16H2,1-2H3. The molecule has 31 heavy (non-hydrogen) atoms. The van der Waals surface area contributed by atoms with Crippen molar-refractivity contribution in [1.29, 1.82) is 0 Å². The molecular weight excluding hydrogens is 392 g/mol. The van der Waals surface area contributed by atoms with Gasteiger partial charge in [-0.25, -0.2) is 0 Å². The van der Waals surface area contributed by atoms with E-state index in [1.54, 1.807) is 14.2 Å². The van der Waals surface area contributed by atoms with E-state index in [1.165, 1.54) is 0 Å². The molecule has 5 nitrogen and oxygen atoms in total. The number of aliphatic hydroxyl groups is 3. The van der Waals surface area contributed by atoms with Crippen molar-refractivity contribution in [2.75, 3.05) is 27.4 Å². The maximum absolute atomic E-state index is 12.1. The van der Waals surface area contributed by atoms with Gasteiger partial charge in [0.25, 0.3) is 0 Å². The Kier molecular flexibility index (Phi) is 6.23. The van der Waals surface area contributed by atoms with Crippen LogP contribution in [0.3, 0.4) is 0 Å². The average Bonchev–Trinajstić information content (AvgIpc) is 2.79. The monoisotopic (exact) mass is 420 g/mol. The molecule has 4 rings (SSSR count). The minimum atomic E-state index is -1.46. The summed E-state index contributed by atoms with van der Waals surface area (Å²) in [5, 5.41) is 34.3. The second-order valence-corrected chi connectivity index (χ2v) is 7.99. The zero-order valence-electron chi connectivity index (χ0n) is 17.8. The number of hydrogen-bond donors (Lipinski definition) is 3. The van der Waals surface area contributed by atoms with Gasteiger partial charge in [-0.05, 0) is 50.2 Å². The Balaban J connectivity index is 2.14. The average molecular weight is 421 g/mol. The first kappa shape index (κ1) is 21.7. The summed E-state index contributed by atoms with van der Waals surface area (Å²) >= 11 is 0. The highest BCUT2D eigenvalue weighted by atomic mass is 16.5. The Morgan fingerprint density at radius 2 is 1.68 bits per heavy atom. The molecule has 3 N–H and O–H groups in total. The van der Waals surface area contributed by atoms with Crippen LogP contribution in [-0.2, 0) is 22.7 Å². The molecule has 0 aliphatic heterocycles. The first-order valence-electron chi connectivity index (χ1n) is 10.3. The Morgan fingerprint density at radius 1 is 0.935 bits per heavy atom. The highest BCUT2D eigenvalue weighted by molar-refractivity contribution is 5.90. The van der Waals surface area contributed by atoms with Crippen molar-refractivity contribution in [3.05, 3.63) is 88.0 Å². The van der Waals surface area contributed by atoms with E-state index in [4.69, 9.17) is 9.47 Å². The molecule has 0 radical (unpaired) electrons. The molecule has 1 aliphatic carbocycles. The predicted octanol–water partition coefficient (Wildman–Crippen LogP) is 3.38. The minimum Gasteiger partial charge on any atom is -0.392 e. The van der Waals surface area contributed by atoms with Gasteiger partial charge < -0.3 is 24.8 Å². The van der Waals surface area contributed by atoms with Gasteiger partial charge in [0, 0.05) is 20.1 Å². The minimum absolute atomic E-state index is 0.0164. The lowest BCUT2D eigenvalue weighted by Gasteiger charge is -2.43. The first-order valence-corrected chi connectivity index (χ1v) is 10.3. The number of hydrogen-bond acceptors (Lipinski definition) is 5. The van der Waals surface area contributed by atoms with Crippen molar-refractivity contribution in [1.82, 2.24) is 0 Å². The van der Waals surface area contributed by atoms with Crippen LogP contribution in [0, 0.1) is 0 Å². The number of ether oxygens (including phenoxy) is 2. The maximum atomic E-state index is 12.1. The van der Waals surface area contributed by atoms with Gasteiger partial charge in [0.2, 0.25) is 0 Å². The van der Waals surface area contributed by atoms with Crippen LogP contribution in [0.5, 0.6) is 0 Å². The van der Waals surface area contributed by atoms with Crippen LogP contribution in [0.15, 0.2) is 60.2 Å². The van der Waals surface area contributed by atoms with E-state index < -0.39 is 11.5 Å². The van der Waals surface area contributed by atoms with Crippen molar-refractivity contribution < 1.29 is 24.8 Å². The molecule has 162 valence electrons. The number of aliphatic hydroxyl groups excluding tert-OH is 2. The summed E-state index contributed by atoms with van der Waals surface area (Å²) < 4.78 is 11.0. The molecule has 0 aromatic heterocycles. The smallest absolute Gasteiger partial charge is 0.122 e. The summed E-state index contributed by atoms with van der Waals surface area (Å²) in [5.41, 5.74) is 3.41. The third-order valence-corrected chi connectivity index (χ3v) is 6.25. The molecular formula is C26H28O5. The molecule has 0 fully saturated rings.